The summed E-state index contributed by atoms with van der Waals surface area (Å²) in [5, 5.41) is 6.46. The first-order valence-electron chi connectivity index (χ1n) is 6.00. The molecule has 0 radical (unpaired) electrons. The molecule has 1 aromatic carbocycles. The van der Waals surface area contributed by atoms with Gasteiger partial charge in [-0.3, -0.25) is 4.79 Å². The maximum Gasteiger partial charge on any atom is 0.277 e. The van der Waals surface area contributed by atoms with Crippen molar-refractivity contribution >= 4 is 51.0 Å². The summed E-state index contributed by atoms with van der Waals surface area (Å²) in [5.74, 6) is 0.218. The van der Waals surface area contributed by atoms with Crippen molar-refractivity contribution in [3.63, 3.8) is 0 Å². The van der Waals surface area contributed by atoms with Crippen molar-refractivity contribution in [1.29, 1.82) is 0 Å². The zero-order valence-corrected chi connectivity index (χ0v) is 14.3. The topological polar surface area (TPSA) is 50.7 Å². The third kappa shape index (κ3) is 4.84. The highest BCUT2D eigenvalue weighted by Gasteiger charge is 2.05. The van der Waals surface area contributed by atoms with Crippen LogP contribution in [-0.4, -0.2) is 18.7 Å². The van der Waals surface area contributed by atoms with Gasteiger partial charge in [0.25, 0.3) is 5.91 Å². The molecule has 7 heteroatoms. The number of nitrogens with one attached hydrogen (secondary N) is 1. The number of halogens is 2. The molecular weight excluding hydrogens is 376 g/mol. The van der Waals surface area contributed by atoms with E-state index in [2.05, 4.69) is 26.5 Å². The number of rotatable bonds is 5. The van der Waals surface area contributed by atoms with Gasteiger partial charge in [-0.2, -0.15) is 5.10 Å². The molecule has 0 saturated carbocycles. The maximum atomic E-state index is 11.6. The van der Waals surface area contributed by atoms with Gasteiger partial charge in [-0.25, -0.2) is 5.43 Å². The van der Waals surface area contributed by atoms with Crippen molar-refractivity contribution in [3.05, 3.63) is 49.6 Å². The second-order valence-electron chi connectivity index (χ2n) is 4.12. The van der Waals surface area contributed by atoms with Crippen LogP contribution in [0.25, 0.3) is 0 Å². The zero-order valence-electron chi connectivity index (χ0n) is 11.1. The Kier molecular flexibility index (Phi) is 5.78. The molecule has 0 unspecified atom stereocenters. The minimum atomic E-state index is -0.331. The average molecular weight is 388 g/mol. The molecule has 0 spiro atoms. The van der Waals surface area contributed by atoms with E-state index in [1.807, 2.05) is 18.4 Å². The summed E-state index contributed by atoms with van der Waals surface area (Å²) in [4.78, 5) is 12.6. The van der Waals surface area contributed by atoms with E-state index in [1.54, 1.807) is 35.8 Å². The molecule has 4 nitrogen and oxygen atoms in total. The molecule has 0 fully saturated rings. The lowest BCUT2D eigenvalue weighted by Crippen LogP contribution is -2.24. The number of nitrogens with zero attached hydrogens (tertiary/aromatic N) is 1. The maximum absolute atomic E-state index is 11.6. The number of carbonyl (C=O) groups is 1. The number of carbonyl (C=O) groups excluding carboxylic acids is 1. The Labute approximate surface area is 139 Å². The van der Waals surface area contributed by atoms with Crippen molar-refractivity contribution in [2.45, 2.75) is 6.92 Å². The molecule has 1 heterocycles. The van der Waals surface area contributed by atoms with Gasteiger partial charge in [-0.05, 0) is 58.1 Å². The highest BCUT2D eigenvalue weighted by Crippen LogP contribution is 2.27. The Morgan fingerprint density at radius 3 is 3.00 bits per heavy atom. The summed E-state index contributed by atoms with van der Waals surface area (Å²) in [6.45, 7) is 1.86. The number of ether oxygens (including phenoxy) is 1. The first-order chi connectivity index (χ1) is 10.1. The molecule has 21 heavy (non-hydrogen) atoms. The van der Waals surface area contributed by atoms with Gasteiger partial charge in [0.2, 0.25) is 0 Å². The summed E-state index contributed by atoms with van der Waals surface area (Å²) in [6.07, 6.45) is 1.62. The van der Waals surface area contributed by atoms with Gasteiger partial charge in [0.05, 0.1) is 10.7 Å². The molecule has 2 aromatic rings. The summed E-state index contributed by atoms with van der Waals surface area (Å²) in [5.41, 5.74) is 3.54. The average Bonchev–Trinajstić information content (AvgIpc) is 2.83. The van der Waals surface area contributed by atoms with Crippen LogP contribution in [0.1, 0.15) is 10.4 Å². The number of aryl methyl sites for hydroxylation is 1. The Morgan fingerprint density at radius 1 is 1.52 bits per heavy atom. The number of benzene rings is 1. The Balaban J connectivity index is 1.82. The fraction of sp³-hybridized carbons (Fsp3) is 0.143. The van der Waals surface area contributed by atoms with Crippen LogP contribution >= 0.6 is 38.9 Å². The smallest absolute Gasteiger partial charge is 0.277 e. The molecular formula is C14H12BrClN2O2S. The Hall–Kier alpha value is -1.37. The highest BCUT2D eigenvalue weighted by molar-refractivity contribution is 9.10. The third-order valence-electron chi connectivity index (χ3n) is 2.53. The van der Waals surface area contributed by atoms with E-state index in [1.165, 1.54) is 0 Å². The van der Waals surface area contributed by atoms with Gasteiger partial charge in [-0.1, -0.05) is 11.6 Å². The van der Waals surface area contributed by atoms with E-state index in [0.29, 0.717) is 15.2 Å². The largest absolute Gasteiger partial charge is 0.483 e. The lowest BCUT2D eigenvalue weighted by atomic mass is 10.3. The van der Waals surface area contributed by atoms with Crippen molar-refractivity contribution in [2.75, 3.05) is 6.61 Å². The minimum Gasteiger partial charge on any atom is -0.483 e. The van der Waals surface area contributed by atoms with E-state index in [0.717, 1.165) is 10.4 Å². The first kappa shape index (κ1) is 16.0. The van der Waals surface area contributed by atoms with Crippen molar-refractivity contribution in [1.82, 2.24) is 5.43 Å². The minimum absolute atomic E-state index is 0.124. The fourth-order valence-corrected chi connectivity index (χ4v) is 3.03. The van der Waals surface area contributed by atoms with Gasteiger partial charge >= 0.3 is 0 Å². The molecule has 0 aliphatic heterocycles. The van der Waals surface area contributed by atoms with Gasteiger partial charge in [0.1, 0.15) is 5.75 Å². The Bertz CT molecular complexity index is 673. The normalized spacial score (nSPS) is 10.8. The predicted octanol–water partition coefficient (Wildman–Crippen LogP) is 4.00. The number of hydrazone groups is 1. The van der Waals surface area contributed by atoms with Crippen LogP contribution in [0.15, 0.2) is 39.2 Å². The lowest BCUT2D eigenvalue weighted by Gasteiger charge is -2.07. The summed E-state index contributed by atoms with van der Waals surface area (Å²) < 4.78 is 6.07. The van der Waals surface area contributed by atoms with Gasteiger partial charge in [0.15, 0.2) is 6.61 Å². The van der Waals surface area contributed by atoms with Crippen molar-refractivity contribution in [2.24, 2.45) is 5.10 Å². The Morgan fingerprint density at radius 2 is 2.33 bits per heavy atom. The van der Waals surface area contributed by atoms with E-state index in [9.17, 15) is 4.79 Å². The van der Waals surface area contributed by atoms with Crippen molar-refractivity contribution < 1.29 is 9.53 Å². The predicted molar refractivity (Wildman–Crippen MR) is 89.4 cm³/mol. The molecule has 1 aromatic heterocycles. The molecule has 2 rings (SSSR count). The van der Waals surface area contributed by atoms with Crippen LogP contribution in [0.3, 0.4) is 0 Å². The van der Waals surface area contributed by atoms with E-state index < -0.39 is 0 Å². The molecule has 0 aliphatic rings. The zero-order chi connectivity index (χ0) is 15.2. The first-order valence-corrected chi connectivity index (χ1v) is 8.05. The molecule has 1 N–H and O–H groups in total. The second kappa shape index (κ2) is 7.59. The fourth-order valence-electron chi connectivity index (χ4n) is 1.45. The van der Waals surface area contributed by atoms with Crippen LogP contribution in [0.4, 0.5) is 0 Å². The van der Waals surface area contributed by atoms with E-state index >= 15 is 0 Å². The van der Waals surface area contributed by atoms with E-state index in [-0.39, 0.29) is 12.5 Å². The highest BCUT2D eigenvalue weighted by atomic mass is 79.9. The molecule has 0 saturated heterocycles. The number of hydrogen-bond acceptors (Lipinski definition) is 4. The SMILES string of the molecule is Cc1ccsc1C=NNC(=O)COc1ccc(Cl)cc1Br. The second-order valence-corrected chi connectivity index (χ2v) is 6.36. The molecule has 0 aliphatic carbocycles. The standard InChI is InChI=1S/C14H12BrClN2O2S/c1-9-4-5-21-13(9)7-17-18-14(19)8-20-12-3-2-10(16)6-11(12)15/h2-7H,8H2,1H3,(H,18,19). The summed E-state index contributed by atoms with van der Waals surface area (Å²) >= 11 is 10.7. The van der Waals surface area contributed by atoms with Crippen LogP contribution in [0.2, 0.25) is 5.02 Å². The number of amides is 1. The lowest BCUT2D eigenvalue weighted by molar-refractivity contribution is -0.123. The quantitative estimate of drug-likeness (QED) is 0.623. The van der Waals surface area contributed by atoms with Crippen LogP contribution in [0, 0.1) is 6.92 Å². The molecule has 0 bridgehead atoms. The number of thiophene rings is 1. The molecule has 0 atom stereocenters. The monoisotopic (exact) mass is 386 g/mol. The number of hydrogen-bond donors (Lipinski definition) is 1. The van der Waals surface area contributed by atoms with Gasteiger partial charge in [0, 0.05) is 9.90 Å². The summed E-state index contributed by atoms with van der Waals surface area (Å²) in [6, 6.07) is 7.08. The van der Waals surface area contributed by atoms with Crippen LogP contribution in [-0.2, 0) is 4.79 Å². The van der Waals surface area contributed by atoms with Gasteiger partial charge in [-0.15, -0.1) is 11.3 Å². The molecule has 1 amide bonds. The summed E-state index contributed by atoms with van der Waals surface area (Å²) in [7, 11) is 0. The molecule has 110 valence electrons. The van der Waals surface area contributed by atoms with E-state index in [4.69, 9.17) is 16.3 Å². The van der Waals surface area contributed by atoms with Gasteiger partial charge < -0.3 is 4.74 Å². The van der Waals surface area contributed by atoms with Crippen molar-refractivity contribution in [3.8, 4) is 5.75 Å². The third-order valence-corrected chi connectivity index (χ3v) is 4.33. The van der Waals surface area contributed by atoms with Crippen LogP contribution < -0.4 is 10.2 Å². The van der Waals surface area contributed by atoms with Crippen LogP contribution in [0.5, 0.6) is 5.75 Å².